The molecule has 1 saturated carbocycles. The lowest BCUT2D eigenvalue weighted by atomic mass is 9.79. The molecule has 0 heterocycles. The fourth-order valence-electron chi connectivity index (χ4n) is 2.83. The molecular weight excluding hydrogens is 323 g/mol. The Hall–Kier alpha value is -0.940. The summed E-state index contributed by atoms with van der Waals surface area (Å²) in [6.07, 6.45) is 4.16. The van der Waals surface area contributed by atoms with Gasteiger partial charge < -0.3 is 11.1 Å². The molecule has 1 amide bonds. The highest BCUT2D eigenvalue weighted by Crippen LogP contribution is 2.29. The molecule has 1 aliphatic carbocycles. The Kier molecular flexibility index (Phi) is 5.54. The first-order valence-electron chi connectivity index (χ1n) is 7.03. The predicted octanol–water partition coefficient (Wildman–Crippen LogP) is 2.97. The van der Waals surface area contributed by atoms with E-state index < -0.39 is 0 Å². The van der Waals surface area contributed by atoms with Crippen molar-refractivity contribution in [3.63, 3.8) is 0 Å². The first kappa shape index (κ1) is 15.4. The highest BCUT2D eigenvalue weighted by molar-refractivity contribution is 9.10. The molecule has 2 atom stereocenters. The van der Waals surface area contributed by atoms with Crippen molar-refractivity contribution in [1.29, 1.82) is 0 Å². The van der Waals surface area contributed by atoms with Crippen molar-refractivity contribution in [3.8, 4) is 0 Å². The third kappa shape index (κ3) is 3.79. The van der Waals surface area contributed by atoms with Crippen LogP contribution in [0.3, 0.4) is 0 Å². The number of benzene rings is 1. The van der Waals surface area contributed by atoms with Gasteiger partial charge in [-0.1, -0.05) is 28.8 Å². The second-order valence-electron chi connectivity index (χ2n) is 5.34. The summed E-state index contributed by atoms with van der Waals surface area (Å²) in [6.45, 7) is 0.896. The average Bonchev–Trinajstić information content (AvgIpc) is 2.47. The normalized spacial score (nSPS) is 22.6. The van der Waals surface area contributed by atoms with Gasteiger partial charge >= 0.3 is 0 Å². The maximum absolute atomic E-state index is 13.2. The van der Waals surface area contributed by atoms with Crippen LogP contribution in [0.5, 0.6) is 0 Å². The SMILES string of the molecule is NCC1CCCCC1C(=O)NCc1cc(F)ccc1Br. The van der Waals surface area contributed by atoms with Gasteiger partial charge in [-0.05, 0) is 49.1 Å². The molecule has 2 rings (SSSR count). The van der Waals surface area contributed by atoms with Crippen LogP contribution >= 0.6 is 15.9 Å². The number of rotatable bonds is 4. The first-order valence-corrected chi connectivity index (χ1v) is 7.83. The van der Waals surface area contributed by atoms with Gasteiger partial charge in [-0.25, -0.2) is 4.39 Å². The van der Waals surface area contributed by atoms with E-state index in [4.69, 9.17) is 5.73 Å². The van der Waals surface area contributed by atoms with Gasteiger partial charge in [0.1, 0.15) is 5.82 Å². The van der Waals surface area contributed by atoms with E-state index in [1.54, 1.807) is 6.07 Å². The third-order valence-electron chi connectivity index (χ3n) is 4.01. The zero-order chi connectivity index (χ0) is 14.5. The lowest BCUT2D eigenvalue weighted by molar-refractivity contribution is -0.127. The minimum absolute atomic E-state index is 0.00100. The van der Waals surface area contributed by atoms with Crippen LogP contribution in [0.1, 0.15) is 31.2 Å². The fraction of sp³-hybridized carbons (Fsp3) is 0.533. The van der Waals surface area contributed by atoms with E-state index in [1.807, 2.05) is 0 Å². The maximum atomic E-state index is 13.2. The number of nitrogens with one attached hydrogen (secondary N) is 1. The molecule has 0 bridgehead atoms. The fourth-order valence-corrected chi connectivity index (χ4v) is 3.21. The summed E-state index contributed by atoms with van der Waals surface area (Å²) in [5.41, 5.74) is 6.49. The number of carbonyl (C=O) groups excluding carboxylic acids is 1. The van der Waals surface area contributed by atoms with Crippen molar-refractivity contribution in [2.45, 2.75) is 32.2 Å². The summed E-state index contributed by atoms with van der Waals surface area (Å²) in [7, 11) is 0. The Balaban J connectivity index is 1.95. The minimum atomic E-state index is -0.296. The van der Waals surface area contributed by atoms with Crippen molar-refractivity contribution in [2.24, 2.45) is 17.6 Å². The molecule has 0 saturated heterocycles. The summed E-state index contributed by atoms with van der Waals surface area (Å²) in [5, 5.41) is 2.91. The van der Waals surface area contributed by atoms with E-state index in [2.05, 4.69) is 21.2 Å². The van der Waals surface area contributed by atoms with Crippen LogP contribution in [0.15, 0.2) is 22.7 Å². The Morgan fingerprint density at radius 2 is 2.15 bits per heavy atom. The van der Waals surface area contributed by atoms with E-state index in [-0.39, 0.29) is 23.6 Å². The van der Waals surface area contributed by atoms with Crippen LogP contribution in [-0.2, 0) is 11.3 Å². The number of nitrogens with two attached hydrogens (primary N) is 1. The van der Waals surface area contributed by atoms with Gasteiger partial charge in [0, 0.05) is 16.9 Å². The van der Waals surface area contributed by atoms with Gasteiger partial charge in [-0.15, -0.1) is 0 Å². The molecule has 5 heteroatoms. The van der Waals surface area contributed by atoms with Crippen molar-refractivity contribution < 1.29 is 9.18 Å². The van der Waals surface area contributed by atoms with Crippen molar-refractivity contribution in [1.82, 2.24) is 5.32 Å². The van der Waals surface area contributed by atoms with Crippen LogP contribution in [0.25, 0.3) is 0 Å². The molecule has 3 nitrogen and oxygen atoms in total. The second kappa shape index (κ2) is 7.18. The first-order chi connectivity index (χ1) is 9.61. The molecule has 1 aliphatic rings. The summed E-state index contributed by atoms with van der Waals surface area (Å²) < 4.78 is 14.0. The number of hydrogen-bond acceptors (Lipinski definition) is 2. The van der Waals surface area contributed by atoms with Crippen LogP contribution in [-0.4, -0.2) is 12.5 Å². The monoisotopic (exact) mass is 342 g/mol. The lowest BCUT2D eigenvalue weighted by Crippen LogP contribution is -2.39. The molecule has 0 radical (unpaired) electrons. The Labute approximate surface area is 127 Å². The van der Waals surface area contributed by atoms with Gasteiger partial charge in [0.2, 0.25) is 5.91 Å². The molecule has 0 spiro atoms. The van der Waals surface area contributed by atoms with Gasteiger partial charge in [-0.3, -0.25) is 4.79 Å². The molecule has 1 fully saturated rings. The van der Waals surface area contributed by atoms with Crippen molar-refractivity contribution >= 4 is 21.8 Å². The zero-order valence-electron chi connectivity index (χ0n) is 11.4. The highest BCUT2D eigenvalue weighted by atomic mass is 79.9. The van der Waals surface area contributed by atoms with Crippen molar-refractivity contribution in [2.75, 3.05) is 6.54 Å². The Bertz CT molecular complexity index is 481. The van der Waals surface area contributed by atoms with E-state index in [0.717, 1.165) is 35.7 Å². The molecule has 1 aromatic carbocycles. The van der Waals surface area contributed by atoms with Crippen LogP contribution < -0.4 is 11.1 Å². The van der Waals surface area contributed by atoms with E-state index in [1.165, 1.54) is 12.1 Å². The molecule has 3 N–H and O–H groups in total. The van der Waals surface area contributed by atoms with Crippen LogP contribution in [0.2, 0.25) is 0 Å². The molecule has 20 heavy (non-hydrogen) atoms. The lowest BCUT2D eigenvalue weighted by Gasteiger charge is -2.29. The highest BCUT2D eigenvalue weighted by Gasteiger charge is 2.29. The quantitative estimate of drug-likeness (QED) is 0.883. The van der Waals surface area contributed by atoms with E-state index in [9.17, 15) is 9.18 Å². The van der Waals surface area contributed by atoms with Gasteiger partial charge in [0.05, 0.1) is 0 Å². The van der Waals surface area contributed by atoms with Gasteiger partial charge in [0.15, 0.2) is 0 Å². The number of amides is 1. The van der Waals surface area contributed by atoms with Crippen LogP contribution in [0, 0.1) is 17.7 Å². The summed E-state index contributed by atoms with van der Waals surface area (Å²) >= 11 is 3.36. The number of halogens is 2. The minimum Gasteiger partial charge on any atom is -0.352 e. The maximum Gasteiger partial charge on any atom is 0.223 e. The third-order valence-corrected chi connectivity index (χ3v) is 4.78. The average molecular weight is 343 g/mol. The zero-order valence-corrected chi connectivity index (χ0v) is 13.0. The second-order valence-corrected chi connectivity index (χ2v) is 6.19. The topological polar surface area (TPSA) is 55.1 Å². The number of hydrogen-bond donors (Lipinski definition) is 2. The summed E-state index contributed by atoms with van der Waals surface area (Å²) in [6, 6.07) is 4.48. The van der Waals surface area contributed by atoms with E-state index in [0.29, 0.717) is 13.1 Å². The van der Waals surface area contributed by atoms with Crippen molar-refractivity contribution in [3.05, 3.63) is 34.1 Å². The van der Waals surface area contributed by atoms with E-state index >= 15 is 0 Å². The molecule has 0 aliphatic heterocycles. The Morgan fingerprint density at radius 3 is 2.90 bits per heavy atom. The summed E-state index contributed by atoms with van der Waals surface area (Å²) in [5.74, 6) is 0.0204. The molecule has 2 unspecified atom stereocenters. The predicted molar refractivity (Wildman–Crippen MR) is 80.4 cm³/mol. The standard InChI is InChI=1S/C15H20BrFN2O/c16-14-6-5-12(17)7-11(14)9-19-15(20)13-4-2-1-3-10(13)8-18/h5-7,10,13H,1-4,8-9,18H2,(H,19,20). The van der Waals surface area contributed by atoms with Gasteiger partial charge in [-0.2, -0.15) is 0 Å². The molecule has 1 aromatic rings. The molecule has 110 valence electrons. The summed E-state index contributed by atoms with van der Waals surface area (Å²) in [4.78, 5) is 12.3. The van der Waals surface area contributed by atoms with Crippen LogP contribution in [0.4, 0.5) is 4.39 Å². The molecule has 0 aromatic heterocycles. The molecular formula is C15H20BrFN2O. The smallest absolute Gasteiger partial charge is 0.223 e. The Morgan fingerprint density at radius 1 is 1.40 bits per heavy atom. The number of carbonyl (C=O) groups is 1. The van der Waals surface area contributed by atoms with Gasteiger partial charge in [0.25, 0.3) is 0 Å². The largest absolute Gasteiger partial charge is 0.352 e.